The molecule has 0 unspecified atom stereocenters. The summed E-state index contributed by atoms with van der Waals surface area (Å²) in [5, 5.41) is 3.15. The lowest BCUT2D eigenvalue weighted by atomic mass is 10.1. The topological polar surface area (TPSA) is 66.5 Å². The maximum Gasteiger partial charge on any atom is 0.239 e. The second-order valence-corrected chi connectivity index (χ2v) is 8.20. The zero-order valence-electron chi connectivity index (χ0n) is 12.6. The number of nitrogens with zero attached hydrogens (tertiary/aromatic N) is 1. The third-order valence-electron chi connectivity index (χ3n) is 3.72. The van der Waals surface area contributed by atoms with Gasteiger partial charge < -0.3 is 10.2 Å². The SMILES string of the molecule is CCS(=O)(=O)CC(=O)Nc1ccc(N2CCCCC2)c(Cl)c1. The summed E-state index contributed by atoms with van der Waals surface area (Å²) in [6.07, 6.45) is 3.56. The summed E-state index contributed by atoms with van der Waals surface area (Å²) in [4.78, 5) is 14.0. The van der Waals surface area contributed by atoms with Crippen molar-refractivity contribution in [3.05, 3.63) is 23.2 Å². The fourth-order valence-electron chi connectivity index (χ4n) is 2.47. The maximum atomic E-state index is 11.7. The molecule has 1 saturated heterocycles. The van der Waals surface area contributed by atoms with Crippen LogP contribution in [-0.2, 0) is 14.6 Å². The van der Waals surface area contributed by atoms with Gasteiger partial charge in [0.25, 0.3) is 0 Å². The Balaban J connectivity index is 2.04. The highest BCUT2D eigenvalue weighted by molar-refractivity contribution is 7.92. The van der Waals surface area contributed by atoms with Crippen LogP contribution in [0.4, 0.5) is 11.4 Å². The molecule has 0 radical (unpaired) electrons. The van der Waals surface area contributed by atoms with Gasteiger partial charge in [-0.2, -0.15) is 0 Å². The molecule has 122 valence electrons. The summed E-state index contributed by atoms with van der Waals surface area (Å²) in [5.74, 6) is -1.09. The third-order valence-corrected chi connectivity index (χ3v) is 5.60. The molecule has 1 amide bonds. The molecule has 1 N–H and O–H groups in total. The largest absolute Gasteiger partial charge is 0.370 e. The molecule has 1 aromatic carbocycles. The Morgan fingerprint density at radius 3 is 2.55 bits per heavy atom. The molecule has 1 aromatic rings. The van der Waals surface area contributed by atoms with Crippen LogP contribution in [0.5, 0.6) is 0 Å². The number of amides is 1. The van der Waals surface area contributed by atoms with E-state index in [2.05, 4.69) is 10.2 Å². The Morgan fingerprint density at radius 2 is 1.95 bits per heavy atom. The molecule has 0 atom stereocenters. The third kappa shape index (κ3) is 4.61. The van der Waals surface area contributed by atoms with Gasteiger partial charge in [-0.1, -0.05) is 18.5 Å². The first-order valence-corrected chi connectivity index (χ1v) is 9.66. The Bertz CT molecular complexity index is 640. The minimum atomic E-state index is -3.33. The van der Waals surface area contributed by atoms with Gasteiger partial charge in [0.15, 0.2) is 9.84 Å². The lowest BCUT2D eigenvalue weighted by molar-refractivity contribution is -0.113. The van der Waals surface area contributed by atoms with Gasteiger partial charge in [-0.05, 0) is 37.5 Å². The lowest BCUT2D eigenvalue weighted by Gasteiger charge is -2.29. The minimum Gasteiger partial charge on any atom is -0.370 e. The molecule has 1 fully saturated rings. The van der Waals surface area contributed by atoms with Gasteiger partial charge in [0.2, 0.25) is 5.91 Å². The fourth-order valence-corrected chi connectivity index (χ4v) is 3.45. The van der Waals surface area contributed by atoms with Crippen LogP contribution in [0.2, 0.25) is 5.02 Å². The van der Waals surface area contributed by atoms with E-state index in [1.54, 1.807) is 12.1 Å². The molecule has 0 aliphatic carbocycles. The maximum absolute atomic E-state index is 11.7. The fraction of sp³-hybridized carbons (Fsp3) is 0.533. The molecule has 1 aliphatic rings. The van der Waals surface area contributed by atoms with Crippen LogP contribution < -0.4 is 10.2 Å². The standard InChI is InChI=1S/C15H21ClN2O3S/c1-2-22(20,21)11-15(19)17-12-6-7-14(13(16)10-12)18-8-4-3-5-9-18/h6-7,10H,2-5,8-9,11H2,1H3,(H,17,19). The van der Waals surface area contributed by atoms with Crippen molar-refractivity contribution in [1.29, 1.82) is 0 Å². The summed E-state index contributed by atoms with van der Waals surface area (Å²) in [5.41, 5.74) is 1.47. The Hall–Kier alpha value is -1.27. The summed E-state index contributed by atoms with van der Waals surface area (Å²) >= 11 is 6.30. The van der Waals surface area contributed by atoms with E-state index in [0.29, 0.717) is 10.7 Å². The average Bonchev–Trinajstić information content (AvgIpc) is 2.47. The van der Waals surface area contributed by atoms with Gasteiger partial charge in [-0.25, -0.2) is 8.42 Å². The highest BCUT2D eigenvalue weighted by Crippen LogP contribution is 2.30. The number of carbonyl (C=O) groups is 1. The van der Waals surface area contributed by atoms with Crippen LogP contribution in [0.1, 0.15) is 26.2 Å². The van der Waals surface area contributed by atoms with Crippen LogP contribution in [0.15, 0.2) is 18.2 Å². The Kier molecular flexibility index (Phi) is 5.69. The zero-order chi connectivity index (χ0) is 16.2. The second kappa shape index (κ2) is 7.33. The highest BCUT2D eigenvalue weighted by atomic mass is 35.5. The van der Waals surface area contributed by atoms with Crippen molar-refractivity contribution in [3.63, 3.8) is 0 Å². The van der Waals surface area contributed by atoms with Gasteiger partial charge in [0.1, 0.15) is 5.75 Å². The number of anilines is 2. The van der Waals surface area contributed by atoms with E-state index in [-0.39, 0.29) is 5.75 Å². The van der Waals surface area contributed by atoms with E-state index in [4.69, 9.17) is 11.6 Å². The molecule has 0 spiro atoms. The highest BCUT2D eigenvalue weighted by Gasteiger charge is 2.16. The smallest absolute Gasteiger partial charge is 0.239 e. The number of benzene rings is 1. The predicted octanol–water partition coefficient (Wildman–Crippen LogP) is 2.70. The molecule has 1 aliphatic heterocycles. The molecule has 0 bridgehead atoms. The zero-order valence-corrected chi connectivity index (χ0v) is 14.2. The number of hydrogen-bond donors (Lipinski definition) is 1. The van der Waals surface area contributed by atoms with Gasteiger partial charge in [-0.15, -0.1) is 0 Å². The lowest BCUT2D eigenvalue weighted by Crippen LogP contribution is -2.29. The summed E-state index contributed by atoms with van der Waals surface area (Å²) in [6.45, 7) is 3.49. The van der Waals surface area contributed by atoms with Crippen molar-refractivity contribution in [1.82, 2.24) is 0 Å². The van der Waals surface area contributed by atoms with Crippen molar-refractivity contribution in [2.75, 3.05) is 34.8 Å². The van der Waals surface area contributed by atoms with Gasteiger partial charge in [-0.3, -0.25) is 4.79 Å². The van der Waals surface area contributed by atoms with Gasteiger partial charge in [0.05, 0.1) is 10.7 Å². The number of halogens is 1. The number of piperidine rings is 1. The van der Waals surface area contributed by atoms with Crippen LogP contribution in [-0.4, -0.2) is 38.9 Å². The number of hydrogen-bond acceptors (Lipinski definition) is 4. The van der Waals surface area contributed by atoms with E-state index in [1.165, 1.54) is 13.3 Å². The number of nitrogens with one attached hydrogen (secondary N) is 1. The van der Waals surface area contributed by atoms with Gasteiger partial charge in [0, 0.05) is 24.5 Å². The van der Waals surface area contributed by atoms with E-state index in [0.717, 1.165) is 31.6 Å². The molecular weight excluding hydrogens is 324 g/mol. The quantitative estimate of drug-likeness (QED) is 0.891. The van der Waals surface area contributed by atoms with Crippen LogP contribution in [0, 0.1) is 0 Å². The number of carbonyl (C=O) groups excluding carboxylic acids is 1. The van der Waals surface area contributed by atoms with E-state index < -0.39 is 21.5 Å². The Morgan fingerprint density at radius 1 is 1.27 bits per heavy atom. The minimum absolute atomic E-state index is 0.0466. The molecular formula is C15H21ClN2O3S. The predicted molar refractivity (Wildman–Crippen MR) is 90.5 cm³/mol. The normalized spacial score (nSPS) is 15.6. The summed E-state index contributed by atoms with van der Waals surface area (Å²) in [6, 6.07) is 5.30. The van der Waals surface area contributed by atoms with Crippen molar-refractivity contribution in [2.24, 2.45) is 0 Å². The van der Waals surface area contributed by atoms with Crippen LogP contribution >= 0.6 is 11.6 Å². The molecule has 1 heterocycles. The van der Waals surface area contributed by atoms with Crippen molar-refractivity contribution >= 4 is 38.7 Å². The average molecular weight is 345 g/mol. The number of rotatable bonds is 5. The van der Waals surface area contributed by atoms with Crippen LogP contribution in [0.25, 0.3) is 0 Å². The summed E-state index contributed by atoms with van der Waals surface area (Å²) < 4.78 is 22.9. The van der Waals surface area contributed by atoms with Crippen molar-refractivity contribution in [3.8, 4) is 0 Å². The van der Waals surface area contributed by atoms with Crippen molar-refractivity contribution < 1.29 is 13.2 Å². The monoisotopic (exact) mass is 344 g/mol. The van der Waals surface area contributed by atoms with Crippen LogP contribution in [0.3, 0.4) is 0 Å². The molecule has 0 aromatic heterocycles. The van der Waals surface area contributed by atoms with E-state index in [9.17, 15) is 13.2 Å². The Labute approximate surface area is 136 Å². The summed E-state index contributed by atoms with van der Waals surface area (Å²) in [7, 11) is -3.33. The second-order valence-electron chi connectivity index (χ2n) is 5.44. The van der Waals surface area contributed by atoms with E-state index in [1.807, 2.05) is 6.07 Å². The molecule has 5 nitrogen and oxygen atoms in total. The molecule has 0 saturated carbocycles. The molecule has 2 rings (SSSR count). The van der Waals surface area contributed by atoms with E-state index >= 15 is 0 Å². The first-order valence-electron chi connectivity index (χ1n) is 7.46. The first-order chi connectivity index (χ1) is 10.4. The molecule has 7 heteroatoms. The first kappa shape index (κ1) is 17.1. The van der Waals surface area contributed by atoms with Gasteiger partial charge >= 0.3 is 0 Å². The number of sulfone groups is 1. The molecule has 22 heavy (non-hydrogen) atoms. The van der Waals surface area contributed by atoms with Crippen molar-refractivity contribution in [2.45, 2.75) is 26.2 Å².